The highest BCUT2D eigenvalue weighted by atomic mass is 15.6. The minimum atomic E-state index is 0.0867. The number of aromatic nitrogens is 4. The van der Waals surface area contributed by atoms with Crippen LogP contribution < -0.4 is 5.32 Å². The Hall–Kier alpha value is -0.970. The summed E-state index contributed by atoms with van der Waals surface area (Å²) in [5.74, 6) is 0.920. The van der Waals surface area contributed by atoms with Gasteiger partial charge in [0.1, 0.15) is 0 Å². The second-order valence-electron chi connectivity index (χ2n) is 5.63. The lowest BCUT2D eigenvalue weighted by molar-refractivity contribution is 0.381. The second-order valence-corrected chi connectivity index (χ2v) is 5.63. The maximum Gasteiger partial charge on any atom is 0.165 e. The van der Waals surface area contributed by atoms with Crippen molar-refractivity contribution in [1.29, 1.82) is 0 Å². The first-order valence-electron chi connectivity index (χ1n) is 6.46. The Kier molecular flexibility index (Phi) is 5.05. The van der Waals surface area contributed by atoms with Gasteiger partial charge in [0.25, 0.3) is 0 Å². The van der Waals surface area contributed by atoms with Crippen LogP contribution in [0.3, 0.4) is 0 Å². The fraction of sp³-hybridized carbons (Fsp3) is 0.917. The largest absolute Gasteiger partial charge is 0.305 e. The molecule has 1 aromatic rings. The average molecular weight is 239 g/mol. The number of hydrogen-bond donors (Lipinski definition) is 1. The fourth-order valence-corrected chi connectivity index (χ4v) is 1.64. The van der Waals surface area contributed by atoms with E-state index in [1.807, 2.05) is 4.68 Å². The number of nitrogens with one attached hydrogen (secondary N) is 1. The van der Waals surface area contributed by atoms with Crippen molar-refractivity contribution in [3.8, 4) is 0 Å². The molecule has 0 spiro atoms. The standard InChI is InChI=1S/C12H25N5/c1-6-7-8-10(2)17-11(14-15-16-17)9-13-12(3,4)5/h10,13H,6-9H2,1-5H3. The van der Waals surface area contributed by atoms with Crippen molar-refractivity contribution < 1.29 is 0 Å². The molecule has 1 atom stereocenters. The van der Waals surface area contributed by atoms with Gasteiger partial charge in [-0.15, -0.1) is 5.10 Å². The van der Waals surface area contributed by atoms with Crippen molar-refractivity contribution in [2.75, 3.05) is 0 Å². The molecule has 0 amide bonds. The van der Waals surface area contributed by atoms with Crippen LogP contribution in [0.1, 0.15) is 65.7 Å². The van der Waals surface area contributed by atoms with Crippen molar-refractivity contribution >= 4 is 0 Å². The molecule has 1 N–H and O–H groups in total. The average Bonchev–Trinajstić information content (AvgIpc) is 2.70. The van der Waals surface area contributed by atoms with E-state index in [-0.39, 0.29) is 5.54 Å². The van der Waals surface area contributed by atoms with E-state index >= 15 is 0 Å². The van der Waals surface area contributed by atoms with Gasteiger partial charge in [0.05, 0.1) is 12.6 Å². The van der Waals surface area contributed by atoms with Crippen LogP contribution in [0.2, 0.25) is 0 Å². The Morgan fingerprint density at radius 3 is 2.65 bits per heavy atom. The second kappa shape index (κ2) is 6.10. The summed E-state index contributed by atoms with van der Waals surface area (Å²) in [5.41, 5.74) is 0.0867. The topological polar surface area (TPSA) is 55.6 Å². The quantitative estimate of drug-likeness (QED) is 0.827. The van der Waals surface area contributed by atoms with E-state index in [2.05, 4.69) is 55.5 Å². The van der Waals surface area contributed by atoms with Gasteiger partial charge in [-0.1, -0.05) is 19.8 Å². The molecule has 0 saturated heterocycles. The third kappa shape index (κ3) is 4.81. The predicted octanol–water partition coefficient (Wildman–Crippen LogP) is 2.31. The summed E-state index contributed by atoms with van der Waals surface area (Å²) < 4.78 is 1.94. The zero-order valence-corrected chi connectivity index (χ0v) is 11.7. The molecule has 0 aliphatic heterocycles. The van der Waals surface area contributed by atoms with Gasteiger partial charge in [0.15, 0.2) is 5.82 Å². The van der Waals surface area contributed by atoms with E-state index in [0.29, 0.717) is 12.6 Å². The van der Waals surface area contributed by atoms with Gasteiger partial charge in [-0.3, -0.25) is 0 Å². The summed E-state index contributed by atoms with van der Waals surface area (Å²) in [7, 11) is 0. The molecule has 0 aliphatic carbocycles. The molecule has 1 unspecified atom stereocenters. The lowest BCUT2D eigenvalue weighted by Gasteiger charge is -2.21. The fourth-order valence-electron chi connectivity index (χ4n) is 1.64. The Labute approximate surface area is 104 Å². The van der Waals surface area contributed by atoms with E-state index in [9.17, 15) is 0 Å². The first kappa shape index (κ1) is 14.1. The Balaban J connectivity index is 2.59. The predicted molar refractivity (Wildman–Crippen MR) is 68.6 cm³/mol. The molecular weight excluding hydrogens is 214 g/mol. The first-order valence-corrected chi connectivity index (χ1v) is 6.46. The molecule has 0 aliphatic rings. The van der Waals surface area contributed by atoms with Gasteiger partial charge in [-0.25, -0.2) is 4.68 Å². The third-order valence-electron chi connectivity index (χ3n) is 2.73. The molecule has 0 aromatic carbocycles. The lowest BCUT2D eigenvalue weighted by atomic mass is 10.1. The van der Waals surface area contributed by atoms with Crippen LogP contribution in [0.4, 0.5) is 0 Å². The van der Waals surface area contributed by atoms with Crippen LogP contribution in [0, 0.1) is 0 Å². The van der Waals surface area contributed by atoms with Crippen molar-refractivity contribution in [1.82, 2.24) is 25.5 Å². The highest BCUT2D eigenvalue weighted by Gasteiger charge is 2.15. The van der Waals surface area contributed by atoms with E-state index in [4.69, 9.17) is 0 Å². The number of hydrogen-bond acceptors (Lipinski definition) is 4. The zero-order chi connectivity index (χ0) is 12.9. The molecule has 98 valence electrons. The van der Waals surface area contributed by atoms with Crippen LogP contribution in [-0.4, -0.2) is 25.7 Å². The first-order chi connectivity index (χ1) is 7.94. The molecule has 5 nitrogen and oxygen atoms in total. The van der Waals surface area contributed by atoms with Gasteiger partial charge >= 0.3 is 0 Å². The van der Waals surface area contributed by atoms with E-state index in [1.165, 1.54) is 12.8 Å². The zero-order valence-electron chi connectivity index (χ0n) is 11.7. The molecule has 0 fully saturated rings. The molecule has 1 rings (SSSR count). The number of unbranched alkanes of at least 4 members (excludes halogenated alkanes) is 1. The summed E-state index contributed by atoms with van der Waals surface area (Å²) >= 11 is 0. The molecule has 1 heterocycles. The molecule has 1 aromatic heterocycles. The van der Waals surface area contributed by atoms with Gasteiger partial charge in [0.2, 0.25) is 0 Å². The molecule has 0 bridgehead atoms. The maximum atomic E-state index is 4.09. The van der Waals surface area contributed by atoms with E-state index < -0.39 is 0 Å². The summed E-state index contributed by atoms with van der Waals surface area (Å²) in [6.07, 6.45) is 3.55. The summed E-state index contributed by atoms with van der Waals surface area (Å²) in [6.45, 7) is 11.5. The highest BCUT2D eigenvalue weighted by molar-refractivity contribution is 4.85. The van der Waals surface area contributed by atoms with Crippen LogP contribution in [-0.2, 0) is 6.54 Å². The van der Waals surface area contributed by atoms with Gasteiger partial charge in [0, 0.05) is 5.54 Å². The van der Waals surface area contributed by atoms with Crippen molar-refractivity contribution in [3.05, 3.63) is 5.82 Å². The minimum Gasteiger partial charge on any atom is -0.305 e. The molecule has 17 heavy (non-hydrogen) atoms. The lowest BCUT2D eigenvalue weighted by Crippen LogP contribution is -2.36. The highest BCUT2D eigenvalue weighted by Crippen LogP contribution is 2.14. The number of rotatable bonds is 6. The maximum absolute atomic E-state index is 4.09. The Morgan fingerprint density at radius 1 is 1.35 bits per heavy atom. The molecule has 0 saturated carbocycles. The van der Waals surface area contributed by atoms with Gasteiger partial charge in [-0.2, -0.15) is 0 Å². The summed E-state index contributed by atoms with van der Waals surface area (Å²) in [6, 6.07) is 0.377. The van der Waals surface area contributed by atoms with E-state index in [0.717, 1.165) is 12.2 Å². The monoisotopic (exact) mass is 239 g/mol. The van der Waals surface area contributed by atoms with Gasteiger partial charge in [-0.05, 0) is 44.5 Å². The van der Waals surface area contributed by atoms with Crippen molar-refractivity contribution in [3.63, 3.8) is 0 Å². The molecule has 5 heteroatoms. The molecular formula is C12H25N5. The summed E-state index contributed by atoms with van der Waals surface area (Å²) in [5, 5.41) is 15.4. The minimum absolute atomic E-state index is 0.0867. The van der Waals surface area contributed by atoms with Crippen LogP contribution in [0.25, 0.3) is 0 Å². The van der Waals surface area contributed by atoms with Crippen LogP contribution >= 0.6 is 0 Å². The van der Waals surface area contributed by atoms with Crippen molar-refractivity contribution in [2.45, 2.75) is 72.0 Å². The number of nitrogens with zero attached hydrogens (tertiary/aromatic N) is 4. The number of tetrazole rings is 1. The summed E-state index contributed by atoms with van der Waals surface area (Å²) in [4.78, 5) is 0. The van der Waals surface area contributed by atoms with Crippen LogP contribution in [0.15, 0.2) is 0 Å². The van der Waals surface area contributed by atoms with Crippen LogP contribution in [0.5, 0.6) is 0 Å². The normalized spacial score (nSPS) is 13.9. The van der Waals surface area contributed by atoms with Gasteiger partial charge < -0.3 is 5.32 Å². The van der Waals surface area contributed by atoms with E-state index in [1.54, 1.807) is 0 Å². The third-order valence-corrected chi connectivity index (χ3v) is 2.73. The Morgan fingerprint density at radius 2 is 2.06 bits per heavy atom. The Bertz CT molecular complexity index is 326. The SMILES string of the molecule is CCCCC(C)n1nnnc1CNC(C)(C)C. The molecule has 0 radical (unpaired) electrons. The van der Waals surface area contributed by atoms with Crippen molar-refractivity contribution in [2.24, 2.45) is 0 Å². The smallest absolute Gasteiger partial charge is 0.165 e.